The Labute approximate surface area is 95.0 Å². The van der Waals surface area contributed by atoms with Crippen LogP contribution in [-0.2, 0) is 10.1 Å². The SMILES string of the molecule is COC(=O)c1cnn2ccc(CBr)cc12. The van der Waals surface area contributed by atoms with Crippen molar-refractivity contribution >= 4 is 27.4 Å². The van der Waals surface area contributed by atoms with Crippen LogP contribution in [0.25, 0.3) is 5.52 Å². The third kappa shape index (κ3) is 1.74. The van der Waals surface area contributed by atoms with Crippen LogP contribution in [0.1, 0.15) is 15.9 Å². The molecule has 4 nitrogen and oxygen atoms in total. The zero-order valence-corrected chi connectivity index (χ0v) is 9.69. The van der Waals surface area contributed by atoms with Crippen molar-refractivity contribution in [1.29, 1.82) is 0 Å². The Bertz CT molecular complexity index is 507. The van der Waals surface area contributed by atoms with E-state index < -0.39 is 0 Å². The first-order chi connectivity index (χ1) is 7.26. The molecule has 5 heteroatoms. The molecule has 2 aromatic heterocycles. The van der Waals surface area contributed by atoms with E-state index in [1.165, 1.54) is 13.3 Å². The van der Waals surface area contributed by atoms with Gasteiger partial charge < -0.3 is 4.74 Å². The Morgan fingerprint density at radius 2 is 2.47 bits per heavy atom. The van der Waals surface area contributed by atoms with Crippen LogP contribution in [0, 0.1) is 0 Å². The van der Waals surface area contributed by atoms with Gasteiger partial charge in [-0.2, -0.15) is 5.10 Å². The van der Waals surface area contributed by atoms with Crippen LogP contribution in [0.5, 0.6) is 0 Å². The predicted molar refractivity (Wildman–Crippen MR) is 59.2 cm³/mol. The zero-order chi connectivity index (χ0) is 10.8. The molecule has 0 radical (unpaired) electrons. The van der Waals surface area contributed by atoms with E-state index in [1.54, 1.807) is 4.52 Å². The summed E-state index contributed by atoms with van der Waals surface area (Å²) >= 11 is 3.36. The topological polar surface area (TPSA) is 43.6 Å². The first-order valence-electron chi connectivity index (χ1n) is 4.37. The lowest BCUT2D eigenvalue weighted by atomic mass is 10.2. The lowest BCUT2D eigenvalue weighted by Gasteiger charge is -1.99. The maximum atomic E-state index is 11.4. The van der Waals surface area contributed by atoms with Gasteiger partial charge >= 0.3 is 5.97 Å². The van der Waals surface area contributed by atoms with Crippen molar-refractivity contribution in [3.05, 3.63) is 35.7 Å². The molecule has 78 valence electrons. The number of esters is 1. The molecule has 15 heavy (non-hydrogen) atoms. The van der Waals surface area contributed by atoms with Gasteiger partial charge in [0.15, 0.2) is 0 Å². The highest BCUT2D eigenvalue weighted by molar-refractivity contribution is 9.08. The fraction of sp³-hybridized carbons (Fsp3) is 0.200. The third-order valence-corrected chi connectivity index (χ3v) is 2.79. The Morgan fingerprint density at radius 3 is 3.13 bits per heavy atom. The molecule has 0 aromatic carbocycles. The summed E-state index contributed by atoms with van der Waals surface area (Å²) in [6.45, 7) is 0. The van der Waals surface area contributed by atoms with Crippen molar-refractivity contribution in [2.75, 3.05) is 7.11 Å². The van der Waals surface area contributed by atoms with Gasteiger partial charge in [-0.15, -0.1) is 0 Å². The minimum Gasteiger partial charge on any atom is -0.465 e. The molecular formula is C10H9BrN2O2. The van der Waals surface area contributed by atoms with Gasteiger partial charge in [0.05, 0.1) is 18.8 Å². The van der Waals surface area contributed by atoms with Crippen LogP contribution in [0.3, 0.4) is 0 Å². The maximum absolute atomic E-state index is 11.4. The Hall–Kier alpha value is -1.36. The number of fused-ring (bicyclic) bond motifs is 1. The molecule has 0 aliphatic carbocycles. The monoisotopic (exact) mass is 268 g/mol. The van der Waals surface area contributed by atoms with E-state index in [-0.39, 0.29) is 5.97 Å². The second-order valence-corrected chi connectivity index (χ2v) is 3.61. The highest BCUT2D eigenvalue weighted by Crippen LogP contribution is 2.15. The summed E-state index contributed by atoms with van der Waals surface area (Å²) in [5.74, 6) is -0.364. The minimum absolute atomic E-state index is 0.364. The average Bonchev–Trinajstić information content (AvgIpc) is 2.70. The van der Waals surface area contributed by atoms with Gasteiger partial charge in [-0.05, 0) is 17.7 Å². The number of alkyl halides is 1. The Kier molecular flexibility index (Phi) is 2.73. The van der Waals surface area contributed by atoms with Gasteiger partial charge in [0, 0.05) is 11.5 Å². The van der Waals surface area contributed by atoms with Gasteiger partial charge in [-0.25, -0.2) is 9.31 Å². The molecule has 0 unspecified atom stereocenters. The standard InChI is InChI=1S/C10H9BrN2O2/c1-15-10(14)8-6-12-13-3-2-7(5-11)4-9(8)13/h2-4,6H,5H2,1H3. The fourth-order valence-electron chi connectivity index (χ4n) is 1.37. The summed E-state index contributed by atoms with van der Waals surface area (Å²) in [6.07, 6.45) is 3.33. The molecule has 0 saturated carbocycles. The molecule has 0 fully saturated rings. The highest BCUT2D eigenvalue weighted by Gasteiger charge is 2.12. The molecular weight excluding hydrogens is 260 g/mol. The average molecular weight is 269 g/mol. The highest BCUT2D eigenvalue weighted by atomic mass is 79.9. The van der Waals surface area contributed by atoms with E-state index in [0.717, 1.165) is 16.4 Å². The molecule has 0 aliphatic heterocycles. The number of rotatable bonds is 2. The number of carbonyl (C=O) groups is 1. The molecule has 2 rings (SSSR count). The van der Waals surface area contributed by atoms with Gasteiger partial charge in [0.1, 0.15) is 5.56 Å². The number of nitrogens with zero attached hydrogens (tertiary/aromatic N) is 2. The molecule has 0 spiro atoms. The predicted octanol–water partition coefficient (Wildman–Crippen LogP) is 2.02. The second kappa shape index (κ2) is 4.02. The maximum Gasteiger partial charge on any atom is 0.341 e. The number of halogens is 1. The first-order valence-corrected chi connectivity index (χ1v) is 5.49. The van der Waals surface area contributed by atoms with Gasteiger partial charge in [-0.3, -0.25) is 0 Å². The first kappa shape index (κ1) is 10.2. The summed E-state index contributed by atoms with van der Waals surface area (Å²) in [5.41, 5.74) is 2.34. The quantitative estimate of drug-likeness (QED) is 0.618. The number of aromatic nitrogens is 2. The molecule has 2 heterocycles. The van der Waals surface area contributed by atoms with Crippen molar-refractivity contribution in [3.8, 4) is 0 Å². The number of hydrogen-bond acceptors (Lipinski definition) is 3. The summed E-state index contributed by atoms with van der Waals surface area (Å²) in [5, 5.41) is 4.81. The molecule has 0 N–H and O–H groups in total. The summed E-state index contributed by atoms with van der Waals surface area (Å²) < 4.78 is 6.32. The van der Waals surface area contributed by atoms with E-state index in [1.807, 2.05) is 18.3 Å². The number of hydrogen-bond donors (Lipinski definition) is 0. The largest absolute Gasteiger partial charge is 0.465 e. The van der Waals surface area contributed by atoms with Crippen LogP contribution in [0.2, 0.25) is 0 Å². The summed E-state index contributed by atoms with van der Waals surface area (Å²) in [6, 6.07) is 3.85. The normalized spacial score (nSPS) is 10.5. The van der Waals surface area contributed by atoms with Gasteiger partial charge in [-0.1, -0.05) is 15.9 Å². The lowest BCUT2D eigenvalue weighted by molar-refractivity contribution is 0.0603. The van der Waals surface area contributed by atoms with E-state index in [2.05, 4.69) is 25.8 Å². The zero-order valence-electron chi connectivity index (χ0n) is 8.11. The van der Waals surface area contributed by atoms with E-state index >= 15 is 0 Å². The molecule has 0 saturated heterocycles. The van der Waals surface area contributed by atoms with Gasteiger partial charge in [0.2, 0.25) is 0 Å². The molecule has 0 bridgehead atoms. The van der Waals surface area contributed by atoms with E-state index in [9.17, 15) is 4.79 Å². The van der Waals surface area contributed by atoms with Crippen LogP contribution < -0.4 is 0 Å². The van der Waals surface area contributed by atoms with E-state index in [0.29, 0.717) is 5.56 Å². The number of carbonyl (C=O) groups excluding carboxylic acids is 1. The van der Waals surface area contributed by atoms with Crippen LogP contribution >= 0.6 is 15.9 Å². The minimum atomic E-state index is -0.364. The van der Waals surface area contributed by atoms with Crippen molar-refractivity contribution in [3.63, 3.8) is 0 Å². The van der Waals surface area contributed by atoms with Crippen molar-refractivity contribution < 1.29 is 9.53 Å². The van der Waals surface area contributed by atoms with Gasteiger partial charge in [0.25, 0.3) is 0 Å². The van der Waals surface area contributed by atoms with Crippen LogP contribution in [0.4, 0.5) is 0 Å². The van der Waals surface area contributed by atoms with Crippen molar-refractivity contribution in [1.82, 2.24) is 9.61 Å². The Balaban J connectivity index is 2.61. The van der Waals surface area contributed by atoms with Crippen molar-refractivity contribution in [2.45, 2.75) is 5.33 Å². The smallest absolute Gasteiger partial charge is 0.341 e. The second-order valence-electron chi connectivity index (χ2n) is 3.05. The number of pyridine rings is 1. The molecule has 0 amide bonds. The number of methoxy groups -OCH3 is 1. The third-order valence-electron chi connectivity index (χ3n) is 2.15. The van der Waals surface area contributed by atoms with Crippen molar-refractivity contribution in [2.24, 2.45) is 0 Å². The van der Waals surface area contributed by atoms with E-state index in [4.69, 9.17) is 0 Å². The lowest BCUT2D eigenvalue weighted by Crippen LogP contribution is -2.00. The fourth-order valence-corrected chi connectivity index (χ4v) is 1.72. The molecule has 0 aliphatic rings. The molecule has 0 atom stereocenters. The summed E-state index contributed by atoms with van der Waals surface area (Å²) in [7, 11) is 1.36. The Morgan fingerprint density at radius 1 is 1.67 bits per heavy atom. The number of ether oxygens (including phenoxy) is 1. The molecule has 2 aromatic rings. The van der Waals surface area contributed by atoms with Crippen LogP contribution in [-0.4, -0.2) is 22.7 Å². The van der Waals surface area contributed by atoms with Crippen LogP contribution in [0.15, 0.2) is 24.5 Å². The summed E-state index contributed by atoms with van der Waals surface area (Å²) in [4.78, 5) is 11.4.